The van der Waals surface area contributed by atoms with E-state index in [0.29, 0.717) is 5.82 Å². The summed E-state index contributed by atoms with van der Waals surface area (Å²) in [5.41, 5.74) is 6.97. The summed E-state index contributed by atoms with van der Waals surface area (Å²) >= 11 is 0. The number of aryl methyl sites for hydroxylation is 1. The van der Waals surface area contributed by atoms with Crippen molar-refractivity contribution in [3.8, 4) is 0 Å². The van der Waals surface area contributed by atoms with E-state index >= 15 is 0 Å². The zero-order valence-corrected chi connectivity index (χ0v) is 12.3. The van der Waals surface area contributed by atoms with Gasteiger partial charge in [0, 0.05) is 0 Å². The third-order valence-electron chi connectivity index (χ3n) is 3.34. The van der Waals surface area contributed by atoms with Crippen LogP contribution in [0.15, 0.2) is 53.6 Å². The van der Waals surface area contributed by atoms with Crippen molar-refractivity contribution in [2.75, 3.05) is 5.43 Å². The first-order valence-corrected chi connectivity index (χ1v) is 6.93. The van der Waals surface area contributed by atoms with Crippen LogP contribution in [-0.2, 0) is 0 Å². The van der Waals surface area contributed by atoms with Crippen LogP contribution in [0.3, 0.4) is 0 Å². The second-order valence-corrected chi connectivity index (χ2v) is 4.96. The molecule has 0 saturated carbocycles. The molecule has 1 aromatic heterocycles. The molecule has 2 aromatic carbocycles. The molecule has 22 heavy (non-hydrogen) atoms. The Morgan fingerprint density at radius 3 is 2.32 bits per heavy atom. The lowest BCUT2D eigenvalue weighted by Gasteiger charge is -2.07. The minimum Gasteiger partial charge on any atom is -0.260 e. The zero-order valence-electron chi connectivity index (χ0n) is 12.3. The van der Waals surface area contributed by atoms with Crippen molar-refractivity contribution in [1.82, 2.24) is 9.97 Å². The van der Waals surface area contributed by atoms with Crippen LogP contribution in [-0.4, -0.2) is 15.7 Å². The van der Waals surface area contributed by atoms with Gasteiger partial charge >= 0.3 is 0 Å². The van der Waals surface area contributed by atoms with Crippen molar-refractivity contribution in [3.63, 3.8) is 0 Å². The van der Waals surface area contributed by atoms with Crippen LogP contribution in [0, 0.1) is 12.7 Å². The fourth-order valence-electron chi connectivity index (χ4n) is 2.09. The van der Waals surface area contributed by atoms with Gasteiger partial charge in [-0.15, -0.1) is 0 Å². The molecular weight excluding hydrogens is 279 g/mol. The molecule has 0 spiro atoms. The molecule has 4 nitrogen and oxygen atoms in total. The largest absolute Gasteiger partial charge is 0.260 e. The van der Waals surface area contributed by atoms with Crippen LogP contribution in [0.25, 0.3) is 11.0 Å². The van der Waals surface area contributed by atoms with Gasteiger partial charge in [0.15, 0.2) is 5.82 Å². The van der Waals surface area contributed by atoms with Crippen LogP contribution in [0.2, 0.25) is 0 Å². The minimum absolute atomic E-state index is 0.263. The molecule has 0 saturated heterocycles. The van der Waals surface area contributed by atoms with Crippen LogP contribution in [0.5, 0.6) is 0 Å². The molecule has 0 aliphatic heterocycles. The van der Waals surface area contributed by atoms with Gasteiger partial charge in [0.2, 0.25) is 0 Å². The summed E-state index contributed by atoms with van der Waals surface area (Å²) in [6, 6.07) is 13.9. The Morgan fingerprint density at radius 1 is 1.00 bits per heavy atom. The molecule has 0 aliphatic carbocycles. The highest BCUT2D eigenvalue weighted by molar-refractivity contribution is 5.99. The van der Waals surface area contributed by atoms with Gasteiger partial charge in [0.1, 0.15) is 5.82 Å². The number of fused-ring (bicyclic) bond motifs is 1. The van der Waals surface area contributed by atoms with E-state index in [1.165, 1.54) is 12.1 Å². The average Bonchev–Trinajstić information content (AvgIpc) is 2.53. The molecule has 0 aliphatic rings. The number of nitrogens with zero attached hydrogens (tertiary/aromatic N) is 3. The van der Waals surface area contributed by atoms with Crippen molar-refractivity contribution < 1.29 is 4.39 Å². The molecule has 0 amide bonds. The molecule has 110 valence electrons. The van der Waals surface area contributed by atoms with Crippen molar-refractivity contribution in [3.05, 3.63) is 65.6 Å². The van der Waals surface area contributed by atoms with Crippen LogP contribution < -0.4 is 5.43 Å². The normalized spacial score (nSPS) is 11.7. The standard InChI is InChI=1S/C17H15FN4/c1-11(13-7-9-14(18)10-8-13)21-22-17-12(2)19-15-5-3-4-6-16(15)20-17/h3-10H,1-2H3,(H,20,22)/b21-11+. The first kappa shape index (κ1) is 14.1. The second-order valence-electron chi connectivity index (χ2n) is 4.96. The number of hydrazone groups is 1. The SMILES string of the molecule is C/C(=N\Nc1nc2ccccc2nc1C)c1ccc(F)cc1. The van der Waals surface area contributed by atoms with Gasteiger partial charge in [-0.2, -0.15) is 5.10 Å². The van der Waals surface area contributed by atoms with Crippen molar-refractivity contribution >= 4 is 22.6 Å². The number of benzene rings is 2. The third-order valence-corrected chi connectivity index (χ3v) is 3.34. The number of nitrogens with one attached hydrogen (secondary N) is 1. The Hall–Kier alpha value is -2.82. The summed E-state index contributed by atoms with van der Waals surface area (Å²) in [4.78, 5) is 9.01. The van der Waals surface area contributed by atoms with Crippen LogP contribution in [0.4, 0.5) is 10.2 Å². The number of rotatable bonds is 3. The van der Waals surface area contributed by atoms with E-state index in [-0.39, 0.29) is 5.82 Å². The molecule has 1 N–H and O–H groups in total. The van der Waals surface area contributed by atoms with Crippen molar-refractivity contribution in [2.45, 2.75) is 13.8 Å². The van der Waals surface area contributed by atoms with E-state index in [4.69, 9.17) is 0 Å². The Labute approximate surface area is 127 Å². The Morgan fingerprint density at radius 2 is 1.64 bits per heavy atom. The predicted molar refractivity (Wildman–Crippen MR) is 86.5 cm³/mol. The molecular formula is C17H15FN4. The Bertz CT molecular complexity index is 841. The van der Waals surface area contributed by atoms with Crippen LogP contribution in [0.1, 0.15) is 18.2 Å². The Kier molecular flexibility index (Phi) is 3.78. The molecule has 3 aromatic rings. The number of aromatic nitrogens is 2. The third kappa shape index (κ3) is 2.93. The molecule has 0 radical (unpaired) electrons. The number of halogens is 1. The minimum atomic E-state index is -0.263. The molecule has 0 fully saturated rings. The summed E-state index contributed by atoms with van der Waals surface area (Å²) in [6.45, 7) is 3.73. The van der Waals surface area contributed by atoms with E-state index in [0.717, 1.165) is 28.0 Å². The van der Waals surface area contributed by atoms with Gasteiger partial charge in [0.05, 0.1) is 22.4 Å². The maximum Gasteiger partial charge on any atom is 0.168 e. The molecule has 1 heterocycles. The van der Waals surface area contributed by atoms with E-state index < -0.39 is 0 Å². The number of anilines is 1. The van der Waals surface area contributed by atoms with Gasteiger partial charge in [-0.25, -0.2) is 14.4 Å². The highest BCUT2D eigenvalue weighted by Gasteiger charge is 2.04. The summed E-state index contributed by atoms with van der Waals surface area (Å²) in [7, 11) is 0. The van der Waals surface area contributed by atoms with E-state index in [9.17, 15) is 4.39 Å². The maximum atomic E-state index is 12.9. The number of hydrogen-bond donors (Lipinski definition) is 1. The highest BCUT2D eigenvalue weighted by Crippen LogP contribution is 2.16. The fourth-order valence-corrected chi connectivity index (χ4v) is 2.09. The number of para-hydroxylation sites is 2. The zero-order chi connectivity index (χ0) is 15.5. The summed E-state index contributed by atoms with van der Waals surface area (Å²) in [6.07, 6.45) is 0. The number of hydrogen-bond acceptors (Lipinski definition) is 4. The van der Waals surface area contributed by atoms with Crippen molar-refractivity contribution in [2.24, 2.45) is 5.10 Å². The van der Waals surface area contributed by atoms with Crippen molar-refractivity contribution in [1.29, 1.82) is 0 Å². The van der Waals surface area contributed by atoms with Gasteiger partial charge in [0.25, 0.3) is 0 Å². The van der Waals surface area contributed by atoms with Gasteiger partial charge < -0.3 is 0 Å². The van der Waals surface area contributed by atoms with Crippen LogP contribution >= 0.6 is 0 Å². The van der Waals surface area contributed by atoms with E-state index in [1.807, 2.05) is 38.1 Å². The lowest BCUT2D eigenvalue weighted by Crippen LogP contribution is -2.03. The quantitative estimate of drug-likeness (QED) is 0.588. The lowest BCUT2D eigenvalue weighted by atomic mass is 10.1. The second kappa shape index (κ2) is 5.89. The first-order chi connectivity index (χ1) is 10.6. The average molecular weight is 294 g/mol. The molecule has 5 heteroatoms. The fraction of sp³-hybridized carbons (Fsp3) is 0.118. The lowest BCUT2D eigenvalue weighted by molar-refractivity contribution is 0.628. The highest BCUT2D eigenvalue weighted by atomic mass is 19.1. The van der Waals surface area contributed by atoms with Gasteiger partial charge in [-0.3, -0.25) is 5.43 Å². The molecule has 0 bridgehead atoms. The predicted octanol–water partition coefficient (Wildman–Crippen LogP) is 3.91. The van der Waals surface area contributed by atoms with Gasteiger partial charge in [-0.1, -0.05) is 24.3 Å². The summed E-state index contributed by atoms with van der Waals surface area (Å²) < 4.78 is 12.9. The van der Waals surface area contributed by atoms with E-state index in [2.05, 4.69) is 20.5 Å². The summed E-state index contributed by atoms with van der Waals surface area (Å²) in [5.74, 6) is 0.348. The monoisotopic (exact) mass is 294 g/mol. The summed E-state index contributed by atoms with van der Waals surface area (Å²) in [5, 5.41) is 4.30. The Balaban J connectivity index is 1.87. The van der Waals surface area contributed by atoms with E-state index in [1.54, 1.807) is 12.1 Å². The first-order valence-electron chi connectivity index (χ1n) is 6.93. The molecule has 3 rings (SSSR count). The van der Waals surface area contributed by atoms with Gasteiger partial charge in [-0.05, 0) is 43.7 Å². The topological polar surface area (TPSA) is 50.2 Å². The smallest absolute Gasteiger partial charge is 0.168 e. The molecule has 0 unspecified atom stereocenters. The maximum absolute atomic E-state index is 12.9. The molecule has 0 atom stereocenters.